The molecule has 1 aliphatic carbocycles. The van der Waals surface area contributed by atoms with Gasteiger partial charge in [0.1, 0.15) is 16.1 Å². The van der Waals surface area contributed by atoms with Crippen molar-refractivity contribution in [3.63, 3.8) is 0 Å². The molecule has 0 amide bonds. The first-order valence-corrected chi connectivity index (χ1v) is 11.3. The first kappa shape index (κ1) is 19.5. The summed E-state index contributed by atoms with van der Waals surface area (Å²) in [6.07, 6.45) is 7.69. The molecule has 3 rings (SSSR count). The third-order valence-electron chi connectivity index (χ3n) is 5.62. The Kier molecular flexibility index (Phi) is 5.52. The van der Waals surface area contributed by atoms with Crippen LogP contribution in [0.1, 0.15) is 78.2 Å². The van der Waals surface area contributed by atoms with Gasteiger partial charge in [-0.2, -0.15) is 0 Å². The highest BCUT2D eigenvalue weighted by Crippen LogP contribution is 2.51. The molecule has 1 saturated carbocycles. The van der Waals surface area contributed by atoms with Crippen molar-refractivity contribution in [2.24, 2.45) is 0 Å². The zero-order valence-electron chi connectivity index (χ0n) is 15.8. The number of rotatable bonds is 3. The van der Waals surface area contributed by atoms with E-state index in [4.69, 9.17) is 4.74 Å². The molecule has 1 N–H and O–H groups in total. The maximum atomic E-state index is 13.0. The van der Waals surface area contributed by atoms with Crippen molar-refractivity contribution in [1.82, 2.24) is 4.72 Å². The third kappa shape index (κ3) is 3.90. The Morgan fingerprint density at radius 1 is 1.24 bits per heavy atom. The lowest BCUT2D eigenvalue weighted by molar-refractivity contribution is -0.0227. The van der Waals surface area contributed by atoms with E-state index in [0.29, 0.717) is 0 Å². The fraction of sp³-hybridized carbons (Fsp3) is 0.700. The maximum Gasteiger partial charge on any atom is 0.136 e. The van der Waals surface area contributed by atoms with E-state index in [9.17, 15) is 4.55 Å². The summed E-state index contributed by atoms with van der Waals surface area (Å²) >= 11 is 2.48. The van der Waals surface area contributed by atoms with Crippen LogP contribution < -0.4 is 9.46 Å². The number of benzene rings is 1. The Balaban J connectivity index is 2.06. The van der Waals surface area contributed by atoms with E-state index >= 15 is 0 Å². The Hall–Kier alpha value is -0.230. The van der Waals surface area contributed by atoms with Crippen LogP contribution in [0.2, 0.25) is 0 Å². The summed E-state index contributed by atoms with van der Waals surface area (Å²) in [7, 11) is 0. The molecule has 25 heavy (non-hydrogen) atoms. The minimum absolute atomic E-state index is 0.121. The van der Waals surface area contributed by atoms with E-state index in [1.165, 1.54) is 19.3 Å². The van der Waals surface area contributed by atoms with Crippen molar-refractivity contribution >= 4 is 27.3 Å². The second kappa shape index (κ2) is 7.06. The Morgan fingerprint density at radius 3 is 2.52 bits per heavy atom. The number of halogens is 1. The van der Waals surface area contributed by atoms with Gasteiger partial charge in [-0.3, -0.25) is 0 Å². The smallest absolute Gasteiger partial charge is 0.136 e. The first-order chi connectivity index (χ1) is 11.7. The van der Waals surface area contributed by atoms with Crippen LogP contribution >= 0.6 is 15.9 Å². The second-order valence-electron chi connectivity index (χ2n) is 8.58. The van der Waals surface area contributed by atoms with Crippen LogP contribution in [-0.4, -0.2) is 14.9 Å². The van der Waals surface area contributed by atoms with E-state index in [1.54, 1.807) is 0 Å². The van der Waals surface area contributed by atoms with Crippen LogP contribution in [0.3, 0.4) is 0 Å². The molecule has 3 nitrogen and oxygen atoms in total. The molecule has 140 valence electrons. The van der Waals surface area contributed by atoms with Gasteiger partial charge < -0.3 is 9.29 Å². The van der Waals surface area contributed by atoms with E-state index < -0.39 is 11.4 Å². The van der Waals surface area contributed by atoms with Gasteiger partial charge in [0.2, 0.25) is 0 Å². The molecule has 1 spiro atoms. The Labute approximate surface area is 163 Å². The topological polar surface area (TPSA) is 44.3 Å². The van der Waals surface area contributed by atoms with Crippen molar-refractivity contribution in [2.45, 2.75) is 88.5 Å². The molecule has 0 saturated heterocycles. The van der Waals surface area contributed by atoms with Gasteiger partial charge in [-0.1, -0.05) is 29.3 Å². The Morgan fingerprint density at radius 2 is 1.92 bits per heavy atom. The highest BCUT2D eigenvalue weighted by Gasteiger charge is 2.52. The summed E-state index contributed by atoms with van der Waals surface area (Å²) in [5.74, 6) is 0.955. The third-order valence-corrected chi connectivity index (χ3v) is 7.80. The molecule has 1 fully saturated rings. The second-order valence-corrected chi connectivity index (χ2v) is 11.5. The molecule has 0 radical (unpaired) electrons. The number of nitrogens with one attached hydrogen (secondary N) is 1. The lowest BCUT2D eigenvalue weighted by Crippen LogP contribution is -2.58. The van der Waals surface area contributed by atoms with Crippen molar-refractivity contribution in [3.8, 4) is 5.75 Å². The van der Waals surface area contributed by atoms with Crippen LogP contribution in [0.4, 0.5) is 0 Å². The van der Waals surface area contributed by atoms with E-state index in [1.807, 2.05) is 26.8 Å². The molecule has 2 atom stereocenters. The van der Waals surface area contributed by atoms with Gasteiger partial charge in [0.25, 0.3) is 0 Å². The van der Waals surface area contributed by atoms with Crippen molar-refractivity contribution < 1.29 is 9.29 Å². The molecule has 1 aliphatic heterocycles. The molecule has 1 heterocycles. The number of fused-ring (bicyclic) bond motifs is 1. The fourth-order valence-electron chi connectivity index (χ4n) is 4.16. The van der Waals surface area contributed by atoms with Crippen molar-refractivity contribution in [3.05, 3.63) is 28.2 Å². The summed E-state index contributed by atoms with van der Waals surface area (Å²) in [6.45, 7) is 8.27. The van der Waals surface area contributed by atoms with Gasteiger partial charge in [-0.25, -0.2) is 0 Å². The summed E-state index contributed by atoms with van der Waals surface area (Å²) < 4.78 is 23.9. The predicted molar refractivity (Wildman–Crippen MR) is 108 cm³/mol. The monoisotopic (exact) mass is 427 g/mol. The SMILES string of the molecule is CCC1(N[S+]([O-])C(C)(C)C)CC2(CCCCC2)Oc2ccc(Br)cc21. The molecule has 2 aliphatic rings. The van der Waals surface area contributed by atoms with Gasteiger partial charge in [0.05, 0.1) is 5.54 Å². The van der Waals surface area contributed by atoms with Crippen LogP contribution in [0.5, 0.6) is 5.75 Å². The number of hydrogen-bond donors (Lipinski definition) is 1. The maximum absolute atomic E-state index is 13.0. The number of ether oxygens (including phenoxy) is 1. The molecule has 2 unspecified atom stereocenters. The molecule has 0 bridgehead atoms. The molecule has 1 aromatic carbocycles. The Bertz CT molecular complexity index is 625. The highest BCUT2D eigenvalue weighted by atomic mass is 79.9. The zero-order valence-corrected chi connectivity index (χ0v) is 18.2. The van der Waals surface area contributed by atoms with Crippen LogP contribution in [-0.2, 0) is 16.9 Å². The van der Waals surface area contributed by atoms with Gasteiger partial charge in [-0.05, 0) is 71.1 Å². The largest absolute Gasteiger partial charge is 0.598 e. The van der Waals surface area contributed by atoms with Gasteiger partial charge >= 0.3 is 0 Å². The van der Waals surface area contributed by atoms with Crippen LogP contribution in [0.25, 0.3) is 0 Å². The molecule has 5 heteroatoms. The van der Waals surface area contributed by atoms with Crippen molar-refractivity contribution in [2.75, 3.05) is 0 Å². The minimum atomic E-state index is -1.13. The van der Waals surface area contributed by atoms with E-state index in [0.717, 1.165) is 41.5 Å². The average Bonchev–Trinajstić information content (AvgIpc) is 2.55. The van der Waals surface area contributed by atoms with E-state index in [2.05, 4.69) is 39.7 Å². The lowest BCUT2D eigenvalue weighted by Gasteiger charge is -2.50. The van der Waals surface area contributed by atoms with Crippen LogP contribution in [0.15, 0.2) is 22.7 Å². The highest BCUT2D eigenvalue weighted by molar-refractivity contribution is 9.10. The van der Waals surface area contributed by atoms with Gasteiger partial charge in [-0.15, -0.1) is 4.72 Å². The predicted octanol–water partition coefficient (Wildman–Crippen LogP) is 5.59. The summed E-state index contributed by atoms with van der Waals surface area (Å²) in [5, 5.41) is 0. The van der Waals surface area contributed by atoms with Crippen molar-refractivity contribution in [1.29, 1.82) is 0 Å². The van der Waals surface area contributed by atoms with Gasteiger partial charge in [0, 0.05) is 27.8 Å². The number of hydrogen-bond acceptors (Lipinski definition) is 3. The normalized spacial score (nSPS) is 26.8. The summed E-state index contributed by atoms with van der Waals surface area (Å²) in [5.41, 5.74) is 0.704. The quantitative estimate of drug-likeness (QED) is 0.638. The van der Waals surface area contributed by atoms with Gasteiger partial charge in [0.15, 0.2) is 0 Å². The standard InChI is InChI=1S/C20H30BrNO2S/c1-5-20(22-25(23)18(2,3)4)14-19(11-7-6-8-12-19)24-17-10-9-15(21)13-16(17)20/h9-10,13,22H,5-8,11-12,14H2,1-4H3. The molecular weight excluding hydrogens is 398 g/mol. The average molecular weight is 428 g/mol. The molecule has 1 aromatic rings. The zero-order chi connectivity index (χ0) is 18.3. The van der Waals surface area contributed by atoms with Crippen LogP contribution in [0, 0.1) is 0 Å². The molecular formula is C20H30BrNO2S. The molecule has 0 aromatic heterocycles. The lowest BCUT2D eigenvalue weighted by atomic mass is 9.70. The first-order valence-electron chi connectivity index (χ1n) is 9.39. The fourth-order valence-corrected chi connectivity index (χ4v) is 5.51. The summed E-state index contributed by atoms with van der Waals surface area (Å²) in [6, 6.07) is 6.25. The van der Waals surface area contributed by atoms with E-state index in [-0.39, 0.29) is 15.9 Å². The minimum Gasteiger partial charge on any atom is -0.598 e. The summed E-state index contributed by atoms with van der Waals surface area (Å²) in [4.78, 5) is 0.